The smallest absolute Gasteiger partial charge is 0.251 e. The fourth-order valence-electron chi connectivity index (χ4n) is 3.64. The maximum atomic E-state index is 12.7. The van der Waals surface area contributed by atoms with Gasteiger partial charge in [0, 0.05) is 12.1 Å². The predicted molar refractivity (Wildman–Crippen MR) is 138 cm³/mol. The average molecular weight is 514 g/mol. The lowest BCUT2D eigenvalue weighted by Gasteiger charge is -2.25. The van der Waals surface area contributed by atoms with Crippen molar-refractivity contribution in [1.82, 2.24) is 5.32 Å². The van der Waals surface area contributed by atoms with Crippen molar-refractivity contribution in [3.63, 3.8) is 0 Å². The molecule has 9 heteroatoms. The van der Waals surface area contributed by atoms with Crippen LogP contribution in [0.5, 0.6) is 11.5 Å². The summed E-state index contributed by atoms with van der Waals surface area (Å²) in [5.74, 6) is 0.554. The van der Waals surface area contributed by atoms with Crippen LogP contribution in [0.15, 0.2) is 18.2 Å². The number of carbonyl (C=O) groups is 1. The molecule has 0 saturated heterocycles. The van der Waals surface area contributed by atoms with Crippen LogP contribution >= 0.6 is 0 Å². The molecule has 0 radical (unpaired) electrons. The number of carbonyl (C=O) groups excluding carboxylic acids is 1. The number of hydrogen-bond donors (Lipinski definition) is 6. The van der Waals surface area contributed by atoms with Gasteiger partial charge < -0.3 is 40.3 Å². The van der Waals surface area contributed by atoms with Gasteiger partial charge >= 0.3 is 0 Å². The molecule has 1 rings (SSSR count). The number of nitrogens with one attached hydrogen (secondary N) is 1. The molecule has 0 unspecified atom stereocenters. The number of aliphatic hydroxyl groups is 5. The highest BCUT2D eigenvalue weighted by atomic mass is 16.5. The Morgan fingerprint density at radius 3 is 1.86 bits per heavy atom. The molecular formula is C27H47NO8. The summed E-state index contributed by atoms with van der Waals surface area (Å²) in [4.78, 5) is 12.7. The van der Waals surface area contributed by atoms with E-state index >= 15 is 0 Å². The van der Waals surface area contributed by atoms with Gasteiger partial charge in [-0.05, 0) is 31.0 Å². The van der Waals surface area contributed by atoms with Crippen molar-refractivity contribution in [3.8, 4) is 11.5 Å². The number of amides is 1. The maximum Gasteiger partial charge on any atom is 0.251 e. The highest BCUT2D eigenvalue weighted by Crippen LogP contribution is 2.29. The Hall–Kier alpha value is -1.91. The van der Waals surface area contributed by atoms with Crippen LogP contribution in [-0.2, 0) is 0 Å². The van der Waals surface area contributed by atoms with E-state index in [1.54, 1.807) is 18.2 Å². The number of aliphatic hydroxyl groups excluding tert-OH is 5. The molecule has 0 aliphatic rings. The summed E-state index contributed by atoms with van der Waals surface area (Å²) < 4.78 is 11.9. The normalized spacial score (nSPS) is 14.6. The zero-order valence-electron chi connectivity index (χ0n) is 21.9. The minimum atomic E-state index is -1.75. The van der Waals surface area contributed by atoms with Crippen LogP contribution in [0, 0.1) is 0 Å². The molecule has 0 saturated carbocycles. The molecule has 1 aromatic carbocycles. The van der Waals surface area contributed by atoms with E-state index in [0.29, 0.717) is 30.3 Å². The Bertz CT molecular complexity index is 717. The van der Waals surface area contributed by atoms with Crippen LogP contribution in [0.3, 0.4) is 0 Å². The van der Waals surface area contributed by atoms with E-state index in [0.717, 1.165) is 32.1 Å². The standard InChI is InChI=1S/C27H47NO8/c1-3-5-7-9-11-15-35-23-14-13-20(17-24(23)36-16-12-10-8-6-4-2)27(34)28-18-21(30)25(32)26(33)22(31)19-29/h13-14,17,21-22,25-26,29-33H,3-12,15-16,18-19H2,1-2H3,(H,28,34)/t21-,22-,25+,26+/m0/s1. The third-order valence-corrected chi connectivity index (χ3v) is 6.01. The van der Waals surface area contributed by atoms with E-state index in [1.807, 2.05) is 0 Å². The van der Waals surface area contributed by atoms with Crippen LogP contribution in [0.2, 0.25) is 0 Å². The molecule has 0 aromatic heterocycles. The van der Waals surface area contributed by atoms with Crippen molar-refractivity contribution in [1.29, 1.82) is 0 Å². The second-order valence-corrected chi connectivity index (χ2v) is 9.20. The summed E-state index contributed by atoms with van der Waals surface area (Å²) in [6, 6.07) is 4.89. The molecular weight excluding hydrogens is 466 g/mol. The molecule has 6 N–H and O–H groups in total. The Labute approximate surface area is 215 Å². The van der Waals surface area contributed by atoms with Gasteiger partial charge in [0.05, 0.1) is 25.9 Å². The topological polar surface area (TPSA) is 149 Å². The second kappa shape index (κ2) is 19.2. The zero-order chi connectivity index (χ0) is 26.8. The Morgan fingerprint density at radius 1 is 0.778 bits per heavy atom. The summed E-state index contributed by atoms with van der Waals surface area (Å²) in [6.45, 7) is 4.28. The third kappa shape index (κ3) is 12.4. The minimum Gasteiger partial charge on any atom is -0.490 e. The van der Waals surface area contributed by atoms with Gasteiger partial charge in [0.25, 0.3) is 5.91 Å². The van der Waals surface area contributed by atoms with Crippen molar-refractivity contribution in [2.45, 2.75) is 102 Å². The molecule has 4 atom stereocenters. The van der Waals surface area contributed by atoms with Crippen molar-refractivity contribution in [2.75, 3.05) is 26.4 Å². The first-order chi connectivity index (χ1) is 17.3. The molecule has 0 bridgehead atoms. The average Bonchev–Trinajstić information content (AvgIpc) is 2.89. The van der Waals surface area contributed by atoms with Crippen molar-refractivity contribution in [2.24, 2.45) is 0 Å². The zero-order valence-corrected chi connectivity index (χ0v) is 21.9. The second-order valence-electron chi connectivity index (χ2n) is 9.20. The van der Waals surface area contributed by atoms with Gasteiger partial charge in [0.1, 0.15) is 18.3 Å². The number of rotatable bonds is 21. The largest absolute Gasteiger partial charge is 0.490 e. The van der Waals surface area contributed by atoms with Crippen molar-refractivity contribution < 1.29 is 39.8 Å². The summed E-state index contributed by atoms with van der Waals surface area (Å²) in [5, 5.41) is 50.5. The van der Waals surface area contributed by atoms with E-state index in [9.17, 15) is 25.2 Å². The third-order valence-electron chi connectivity index (χ3n) is 6.01. The molecule has 0 aliphatic heterocycles. The fourth-order valence-corrected chi connectivity index (χ4v) is 3.64. The highest BCUT2D eigenvalue weighted by Gasteiger charge is 2.30. The van der Waals surface area contributed by atoms with Crippen LogP contribution in [-0.4, -0.2) is 82.2 Å². The summed E-state index contributed by atoms with van der Waals surface area (Å²) in [7, 11) is 0. The molecule has 36 heavy (non-hydrogen) atoms. The monoisotopic (exact) mass is 513 g/mol. The van der Waals surface area contributed by atoms with E-state index in [4.69, 9.17) is 14.6 Å². The quantitative estimate of drug-likeness (QED) is 0.137. The Balaban J connectivity index is 2.73. The summed E-state index contributed by atoms with van der Waals surface area (Å²) >= 11 is 0. The molecule has 9 nitrogen and oxygen atoms in total. The first-order valence-corrected chi connectivity index (χ1v) is 13.4. The summed E-state index contributed by atoms with van der Waals surface area (Å²) in [5.41, 5.74) is 0.295. The Morgan fingerprint density at radius 2 is 1.31 bits per heavy atom. The van der Waals surface area contributed by atoms with E-state index in [2.05, 4.69) is 19.2 Å². The van der Waals surface area contributed by atoms with Gasteiger partial charge in [-0.15, -0.1) is 0 Å². The van der Waals surface area contributed by atoms with Crippen LogP contribution in [0.25, 0.3) is 0 Å². The van der Waals surface area contributed by atoms with E-state index in [-0.39, 0.29) is 6.54 Å². The molecule has 208 valence electrons. The first kappa shape index (κ1) is 32.1. The van der Waals surface area contributed by atoms with Gasteiger partial charge in [0.15, 0.2) is 11.5 Å². The molecule has 0 heterocycles. The number of ether oxygens (including phenoxy) is 2. The molecule has 0 aliphatic carbocycles. The minimum absolute atomic E-state index is 0.295. The van der Waals surface area contributed by atoms with E-state index in [1.165, 1.54) is 32.1 Å². The van der Waals surface area contributed by atoms with Crippen LogP contribution in [0.1, 0.15) is 88.4 Å². The van der Waals surface area contributed by atoms with Gasteiger partial charge in [-0.3, -0.25) is 4.79 Å². The fraction of sp³-hybridized carbons (Fsp3) is 0.741. The molecule has 0 fully saturated rings. The van der Waals surface area contributed by atoms with Crippen molar-refractivity contribution >= 4 is 5.91 Å². The van der Waals surface area contributed by atoms with Gasteiger partial charge in [-0.25, -0.2) is 0 Å². The number of unbranched alkanes of at least 4 members (excludes halogenated alkanes) is 8. The lowest BCUT2D eigenvalue weighted by molar-refractivity contribution is -0.113. The predicted octanol–water partition coefficient (Wildman–Crippen LogP) is 2.55. The van der Waals surface area contributed by atoms with Crippen LogP contribution in [0.4, 0.5) is 0 Å². The maximum absolute atomic E-state index is 12.7. The lowest BCUT2D eigenvalue weighted by Crippen LogP contribution is -2.49. The SMILES string of the molecule is CCCCCCCOc1ccc(C(=O)NC[C@H](O)[C@@H](O)[C@H](O)[C@@H](O)CO)cc1OCCCCCCC. The Kier molecular flexibility index (Phi) is 17.2. The van der Waals surface area contributed by atoms with Gasteiger partial charge in [0.2, 0.25) is 0 Å². The number of hydrogen-bond acceptors (Lipinski definition) is 8. The molecule has 0 spiro atoms. The number of benzene rings is 1. The summed E-state index contributed by atoms with van der Waals surface area (Å²) in [6.07, 6.45) is 4.45. The first-order valence-electron chi connectivity index (χ1n) is 13.4. The van der Waals surface area contributed by atoms with E-state index < -0.39 is 36.9 Å². The lowest BCUT2D eigenvalue weighted by atomic mass is 10.0. The van der Waals surface area contributed by atoms with Crippen LogP contribution < -0.4 is 14.8 Å². The highest BCUT2D eigenvalue weighted by molar-refractivity contribution is 5.94. The van der Waals surface area contributed by atoms with Crippen molar-refractivity contribution in [3.05, 3.63) is 23.8 Å². The molecule has 1 aromatic rings. The van der Waals surface area contributed by atoms with Gasteiger partial charge in [-0.2, -0.15) is 0 Å². The van der Waals surface area contributed by atoms with Gasteiger partial charge in [-0.1, -0.05) is 65.2 Å². The molecule has 1 amide bonds.